The average molecular weight is 157 g/mol. The number of hydrogen-bond acceptors (Lipinski definition) is 3. The highest BCUT2D eigenvalue weighted by Crippen LogP contribution is 1.93. The Bertz CT molecular complexity index is 152. The van der Waals surface area contributed by atoms with Crippen molar-refractivity contribution in [1.82, 2.24) is 4.90 Å². The Kier molecular flexibility index (Phi) is 4.54. The van der Waals surface area contributed by atoms with Crippen LogP contribution in [0, 0.1) is 0 Å². The fourth-order valence-corrected chi connectivity index (χ4v) is 0.458. The Labute approximate surface area is 67.6 Å². The summed E-state index contributed by atoms with van der Waals surface area (Å²) in [7, 11) is 5.27. The first kappa shape index (κ1) is 10.2. The molecule has 11 heavy (non-hydrogen) atoms. The molecule has 0 saturated heterocycles. The van der Waals surface area contributed by atoms with Crippen molar-refractivity contribution in [3.05, 3.63) is 12.2 Å². The molecule has 0 spiro atoms. The lowest BCUT2D eigenvalue weighted by molar-refractivity contribution is -0.134. The van der Waals surface area contributed by atoms with Crippen LogP contribution in [0.2, 0.25) is 0 Å². The summed E-state index contributed by atoms with van der Waals surface area (Å²) >= 11 is 0. The van der Waals surface area contributed by atoms with E-state index in [9.17, 15) is 4.79 Å². The van der Waals surface area contributed by atoms with Gasteiger partial charge in [-0.2, -0.15) is 0 Å². The lowest BCUT2D eigenvalue weighted by Gasteiger charge is -2.14. The van der Waals surface area contributed by atoms with E-state index in [4.69, 9.17) is 0 Å². The number of rotatable bonds is 3. The Morgan fingerprint density at radius 1 is 1.55 bits per heavy atom. The third-order valence-electron chi connectivity index (χ3n) is 1.53. The zero-order valence-electron chi connectivity index (χ0n) is 7.50. The SMILES string of the molecule is COC(=O)/C=C/[C@H](C)N(C)C. The van der Waals surface area contributed by atoms with Gasteiger partial charge in [0.2, 0.25) is 0 Å². The summed E-state index contributed by atoms with van der Waals surface area (Å²) in [5, 5.41) is 0. The molecule has 1 atom stereocenters. The summed E-state index contributed by atoms with van der Waals surface area (Å²) < 4.78 is 4.44. The average Bonchev–Trinajstić information content (AvgIpc) is 1.99. The van der Waals surface area contributed by atoms with E-state index in [1.807, 2.05) is 25.9 Å². The second kappa shape index (κ2) is 4.91. The van der Waals surface area contributed by atoms with Gasteiger partial charge in [0.1, 0.15) is 0 Å². The summed E-state index contributed by atoms with van der Waals surface area (Å²) in [4.78, 5) is 12.6. The molecule has 3 heteroatoms. The van der Waals surface area contributed by atoms with Crippen molar-refractivity contribution < 1.29 is 9.53 Å². The molecule has 0 fully saturated rings. The maximum Gasteiger partial charge on any atom is 0.330 e. The van der Waals surface area contributed by atoms with E-state index < -0.39 is 0 Å². The van der Waals surface area contributed by atoms with Crippen LogP contribution in [0.15, 0.2) is 12.2 Å². The molecule has 3 nitrogen and oxygen atoms in total. The molecule has 0 heterocycles. The topological polar surface area (TPSA) is 29.5 Å². The van der Waals surface area contributed by atoms with Gasteiger partial charge >= 0.3 is 5.97 Å². The normalized spacial score (nSPS) is 13.9. The quantitative estimate of drug-likeness (QED) is 0.445. The second-order valence-electron chi connectivity index (χ2n) is 2.59. The van der Waals surface area contributed by atoms with E-state index in [0.29, 0.717) is 0 Å². The van der Waals surface area contributed by atoms with Crippen LogP contribution in [0.5, 0.6) is 0 Å². The number of carbonyl (C=O) groups is 1. The number of hydrogen-bond donors (Lipinski definition) is 0. The summed E-state index contributed by atoms with van der Waals surface area (Å²) in [6.45, 7) is 2.00. The molecule has 64 valence electrons. The highest BCUT2D eigenvalue weighted by Gasteiger charge is 1.99. The molecule has 0 saturated carbocycles. The first-order chi connectivity index (χ1) is 5.07. The molecule has 0 aromatic heterocycles. The van der Waals surface area contributed by atoms with E-state index in [1.54, 1.807) is 6.08 Å². The lowest BCUT2D eigenvalue weighted by Crippen LogP contribution is -2.22. The third-order valence-corrected chi connectivity index (χ3v) is 1.53. The van der Waals surface area contributed by atoms with E-state index in [-0.39, 0.29) is 12.0 Å². The standard InChI is InChI=1S/C8H15NO2/c1-7(9(2)3)5-6-8(10)11-4/h5-7H,1-4H3/b6-5+/t7-/m0/s1. The molecule has 0 aliphatic heterocycles. The summed E-state index contributed by atoms with van der Waals surface area (Å²) in [5.41, 5.74) is 0. The van der Waals surface area contributed by atoms with Gasteiger partial charge in [0.25, 0.3) is 0 Å². The van der Waals surface area contributed by atoms with Crippen LogP contribution in [-0.4, -0.2) is 38.1 Å². The zero-order valence-corrected chi connectivity index (χ0v) is 7.50. The van der Waals surface area contributed by atoms with Crippen LogP contribution in [0.3, 0.4) is 0 Å². The first-order valence-corrected chi connectivity index (χ1v) is 3.50. The molecule has 0 radical (unpaired) electrons. The van der Waals surface area contributed by atoms with Crippen LogP contribution in [0.4, 0.5) is 0 Å². The van der Waals surface area contributed by atoms with E-state index in [2.05, 4.69) is 4.74 Å². The van der Waals surface area contributed by atoms with E-state index in [1.165, 1.54) is 13.2 Å². The lowest BCUT2D eigenvalue weighted by atomic mass is 10.3. The molecule has 0 aliphatic rings. The van der Waals surface area contributed by atoms with Crippen molar-refractivity contribution in [2.24, 2.45) is 0 Å². The third kappa shape index (κ3) is 4.56. The van der Waals surface area contributed by atoms with Crippen molar-refractivity contribution in [1.29, 1.82) is 0 Å². The van der Waals surface area contributed by atoms with Gasteiger partial charge in [-0.3, -0.25) is 0 Å². The number of carbonyl (C=O) groups excluding carboxylic acids is 1. The van der Waals surface area contributed by atoms with Crippen LogP contribution in [0.1, 0.15) is 6.92 Å². The zero-order chi connectivity index (χ0) is 8.85. The number of likely N-dealkylation sites (N-methyl/N-ethyl adjacent to an activating group) is 1. The van der Waals surface area contributed by atoms with Crippen LogP contribution < -0.4 is 0 Å². The summed E-state index contributed by atoms with van der Waals surface area (Å²) in [6, 6.07) is 0.258. The van der Waals surface area contributed by atoms with Gasteiger partial charge in [-0.1, -0.05) is 6.08 Å². The molecule has 0 aromatic rings. The Morgan fingerprint density at radius 2 is 2.09 bits per heavy atom. The fraction of sp³-hybridized carbons (Fsp3) is 0.625. The fourth-order valence-electron chi connectivity index (χ4n) is 0.458. The predicted molar refractivity (Wildman–Crippen MR) is 44.3 cm³/mol. The van der Waals surface area contributed by atoms with Gasteiger partial charge in [-0.05, 0) is 21.0 Å². The Balaban J connectivity index is 3.82. The first-order valence-electron chi connectivity index (χ1n) is 3.50. The minimum Gasteiger partial charge on any atom is -0.466 e. The molecular formula is C8H15NO2. The van der Waals surface area contributed by atoms with Crippen molar-refractivity contribution in [2.75, 3.05) is 21.2 Å². The highest BCUT2D eigenvalue weighted by atomic mass is 16.5. The van der Waals surface area contributed by atoms with Gasteiger partial charge in [0.15, 0.2) is 0 Å². The van der Waals surface area contributed by atoms with E-state index in [0.717, 1.165) is 0 Å². The number of methoxy groups -OCH3 is 1. The van der Waals surface area contributed by atoms with Crippen molar-refractivity contribution in [2.45, 2.75) is 13.0 Å². The predicted octanol–water partition coefficient (Wildman–Crippen LogP) is 0.666. The van der Waals surface area contributed by atoms with Crippen LogP contribution >= 0.6 is 0 Å². The molecule has 0 rings (SSSR count). The molecule has 0 unspecified atom stereocenters. The van der Waals surface area contributed by atoms with Crippen LogP contribution in [0.25, 0.3) is 0 Å². The van der Waals surface area contributed by atoms with Gasteiger partial charge in [-0.15, -0.1) is 0 Å². The summed E-state index contributed by atoms with van der Waals surface area (Å²) in [6.07, 6.45) is 3.23. The molecular weight excluding hydrogens is 142 g/mol. The van der Waals surface area contributed by atoms with Gasteiger partial charge in [0.05, 0.1) is 7.11 Å². The molecule has 0 N–H and O–H groups in total. The summed E-state index contributed by atoms with van der Waals surface area (Å²) in [5.74, 6) is -0.307. The van der Waals surface area contributed by atoms with Crippen molar-refractivity contribution in [3.8, 4) is 0 Å². The number of ether oxygens (including phenoxy) is 1. The minimum absolute atomic E-state index is 0.258. The number of nitrogens with zero attached hydrogens (tertiary/aromatic N) is 1. The largest absolute Gasteiger partial charge is 0.466 e. The van der Waals surface area contributed by atoms with E-state index >= 15 is 0 Å². The van der Waals surface area contributed by atoms with Gasteiger partial charge in [-0.25, -0.2) is 4.79 Å². The van der Waals surface area contributed by atoms with Crippen LogP contribution in [-0.2, 0) is 9.53 Å². The maximum atomic E-state index is 10.6. The molecule has 0 amide bonds. The second-order valence-corrected chi connectivity index (χ2v) is 2.59. The highest BCUT2D eigenvalue weighted by molar-refractivity contribution is 5.81. The smallest absolute Gasteiger partial charge is 0.330 e. The maximum absolute atomic E-state index is 10.6. The Morgan fingerprint density at radius 3 is 2.45 bits per heavy atom. The van der Waals surface area contributed by atoms with Gasteiger partial charge < -0.3 is 9.64 Å². The minimum atomic E-state index is -0.307. The van der Waals surface area contributed by atoms with Gasteiger partial charge in [0, 0.05) is 12.1 Å². The van der Waals surface area contributed by atoms with Crippen molar-refractivity contribution >= 4 is 5.97 Å². The van der Waals surface area contributed by atoms with Crippen molar-refractivity contribution in [3.63, 3.8) is 0 Å². The monoisotopic (exact) mass is 157 g/mol. The molecule has 0 bridgehead atoms. The Hall–Kier alpha value is -0.830. The molecule has 0 aromatic carbocycles. The molecule has 0 aliphatic carbocycles. The number of esters is 1.